The van der Waals surface area contributed by atoms with Gasteiger partial charge < -0.3 is 14.0 Å². The zero-order valence-electron chi connectivity index (χ0n) is 15.9. The zero-order valence-corrected chi connectivity index (χ0v) is 16.7. The number of esters is 1. The molecule has 0 bridgehead atoms. The smallest absolute Gasteiger partial charge is 0.344 e. The maximum atomic E-state index is 12.7. The zero-order chi connectivity index (χ0) is 20.2. The lowest BCUT2D eigenvalue weighted by Crippen LogP contribution is -2.07. The van der Waals surface area contributed by atoms with Crippen LogP contribution in [-0.4, -0.2) is 23.2 Å². The van der Waals surface area contributed by atoms with Crippen molar-refractivity contribution < 1.29 is 18.8 Å². The number of nitrogens with zero attached hydrogens (tertiary/aromatic N) is 2. The van der Waals surface area contributed by atoms with Crippen LogP contribution in [0.25, 0.3) is 21.8 Å². The summed E-state index contributed by atoms with van der Waals surface area (Å²) in [5.74, 6) is 0.727. The van der Waals surface area contributed by atoms with Crippen LogP contribution in [0.5, 0.6) is 5.75 Å². The maximum absolute atomic E-state index is 12.7. The first-order chi connectivity index (χ1) is 14.2. The van der Waals surface area contributed by atoms with Crippen molar-refractivity contribution in [1.29, 1.82) is 0 Å². The Kier molecular flexibility index (Phi) is 5.39. The predicted molar refractivity (Wildman–Crippen MR) is 110 cm³/mol. The van der Waals surface area contributed by atoms with E-state index in [0.717, 1.165) is 21.9 Å². The van der Waals surface area contributed by atoms with Gasteiger partial charge in [-0.25, -0.2) is 9.78 Å². The summed E-state index contributed by atoms with van der Waals surface area (Å²) >= 11 is 1.49. The number of rotatable bonds is 6. The first kappa shape index (κ1) is 18.9. The maximum Gasteiger partial charge on any atom is 0.344 e. The molecular formula is C22H18N2O4S. The molecule has 0 fully saturated rings. The number of methoxy groups -OCH3 is 1. The molecule has 4 aromatic rings. The molecular weight excluding hydrogens is 388 g/mol. The quantitative estimate of drug-likeness (QED) is 0.413. The van der Waals surface area contributed by atoms with Gasteiger partial charge in [-0.2, -0.15) is 0 Å². The molecule has 0 aliphatic rings. The highest BCUT2D eigenvalue weighted by molar-refractivity contribution is 7.13. The van der Waals surface area contributed by atoms with E-state index in [1.165, 1.54) is 11.3 Å². The number of aryl methyl sites for hydroxylation is 1. The molecule has 0 N–H and O–H groups in total. The minimum absolute atomic E-state index is 0.0737. The van der Waals surface area contributed by atoms with Crippen LogP contribution in [0, 0.1) is 6.92 Å². The van der Waals surface area contributed by atoms with Crippen LogP contribution in [0.4, 0.5) is 0 Å². The van der Waals surface area contributed by atoms with Gasteiger partial charge in [-0.3, -0.25) is 0 Å². The molecule has 29 heavy (non-hydrogen) atoms. The molecule has 0 saturated carbocycles. The van der Waals surface area contributed by atoms with Crippen LogP contribution in [0.15, 0.2) is 64.5 Å². The fourth-order valence-electron chi connectivity index (χ4n) is 2.86. The SMILES string of the molecule is COc1ccc(-c2nc(COC(=O)c3c(-c4ccccc4)noc3C)cs2)cc1. The minimum Gasteiger partial charge on any atom is -0.497 e. The number of thiazole rings is 1. The van der Waals surface area contributed by atoms with Crippen LogP contribution in [0.1, 0.15) is 21.8 Å². The summed E-state index contributed by atoms with van der Waals surface area (Å²) in [4.78, 5) is 17.2. The predicted octanol–water partition coefficient (Wildman–Crippen LogP) is 5.14. The second-order valence-corrected chi connectivity index (χ2v) is 7.14. The first-order valence-corrected chi connectivity index (χ1v) is 9.81. The molecule has 0 aliphatic carbocycles. The molecule has 0 radical (unpaired) electrons. The molecule has 6 nitrogen and oxygen atoms in total. The van der Waals surface area contributed by atoms with Gasteiger partial charge in [0.05, 0.1) is 12.8 Å². The number of benzene rings is 2. The van der Waals surface area contributed by atoms with Crippen molar-refractivity contribution in [3.8, 4) is 27.6 Å². The van der Waals surface area contributed by atoms with Crippen molar-refractivity contribution in [3.05, 3.63) is 77.0 Å². The van der Waals surface area contributed by atoms with Gasteiger partial charge in [0.2, 0.25) is 0 Å². The van der Waals surface area contributed by atoms with E-state index in [4.69, 9.17) is 14.0 Å². The Labute approximate surface area is 171 Å². The highest BCUT2D eigenvalue weighted by Crippen LogP contribution is 2.28. The molecule has 2 aromatic carbocycles. The number of carbonyl (C=O) groups is 1. The second kappa shape index (κ2) is 8.28. The van der Waals surface area contributed by atoms with E-state index in [2.05, 4.69) is 10.1 Å². The standard InChI is InChI=1S/C22H18N2O4S/c1-14-19(20(24-28-14)15-6-4-3-5-7-15)22(25)27-12-17-13-29-21(23-17)16-8-10-18(26-2)11-9-16/h3-11,13H,12H2,1-2H3. The Morgan fingerprint density at radius 2 is 1.83 bits per heavy atom. The first-order valence-electron chi connectivity index (χ1n) is 8.93. The van der Waals surface area contributed by atoms with Crippen LogP contribution in [0.2, 0.25) is 0 Å². The van der Waals surface area contributed by atoms with Gasteiger partial charge >= 0.3 is 5.97 Å². The molecule has 0 unspecified atom stereocenters. The molecule has 7 heteroatoms. The van der Waals surface area contributed by atoms with Gasteiger partial charge in [0, 0.05) is 16.5 Å². The monoisotopic (exact) mass is 406 g/mol. The third-order valence-electron chi connectivity index (χ3n) is 4.35. The summed E-state index contributed by atoms with van der Waals surface area (Å²) in [5.41, 5.74) is 3.28. The van der Waals surface area contributed by atoms with Gasteiger partial charge in [-0.05, 0) is 31.2 Å². The highest BCUT2D eigenvalue weighted by atomic mass is 32.1. The largest absolute Gasteiger partial charge is 0.497 e. The summed E-state index contributed by atoms with van der Waals surface area (Å²) in [6.07, 6.45) is 0. The van der Waals surface area contributed by atoms with Gasteiger partial charge in [0.25, 0.3) is 0 Å². The second-order valence-electron chi connectivity index (χ2n) is 6.28. The van der Waals surface area contributed by atoms with Crippen LogP contribution in [-0.2, 0) is 11.3 Å². The normalized spacial score (nSPS) is 10.7. The summed E-state index contributed by atoms with van der Waals surface area (Å²) < 4.78 is 15.9. The Hall–Kier alpha value is -3.45. The van der Waals surface area contributed by atoms with Crippen LogP contribution >= 0.6 is 11.3 Å². The fraction of sp³-hybridized carbons (Fsp3) is 0.136. The number of carbonyl (C=O) groups excluding carboxylic acids is 1. The van der Waals surface area contributed by atoms with Gasteiger partial charge in [-0.15, -0.1) is 11.3 Å². The lowest BCUT2D eigenvalue weighted by molar-refractivity contribution is 0.0467. The number of hydrogen-bond acceptors (Lipinski definition) is 7. The molecule has 0 spiro atoms. The lowest BCUT2D eigenvalue weighted by atomic mass is 10.1. The number of aromatic nitrogens is 2. The average Bonchev–Trinajstić information content (AvgIpc) is 3.39. The molecule has 146 valence electrons. The Morgan fingerprint density at radius 1 is 1.07 bits per heavy atom. The third-order valence-corrected chi connectivity index (χ3v) is 5.29. The fourth-order valence-corrected chi connectivity index (χ4v) is 3.67. The van der Waals surface area contributed by atoms with Crippen molar-refractivity contribution >= 4 is 17.3 Å². The Morgan fingerprint density at radius 3 is 2.55 bits per heavy atom. The Bertz CT molecular complexity index is 1120. The van der Waals surface area contributed by atoms with Crippen molar-refractivity contribution in [3.63, 3.8) is 0 Å². The van der Waals surface area contributed by atoms with E-state index in [0.29, 0.717) is 22.7 Å². The van der Waals surface area contributed by atoms with E-state index in [9.17, 15) is 4.79 Å². The summed E-state index contributed by atoms with van der Waals surface area (Å²) in [5, 5.41) is 6.75. The van der Waals surface area contributed by atoms with E-state index in [1.807, 2.05) is 60.0 Å². The highest BCUT2D eigenvalue weighted by Gasteiger charge is 2.23. The van der Waals surface area contributed by atoms with Gasteiger partial charge in [0.1, 0.15) is 34.4 Å². The van der Waals surface area contributed by atoms with E-state index in [1.54, 1.807) is 14.0 Å². The van der Waals surface area contributed by atoms with E-state index >= 15 is 0 Å². The van der Waals surface area contributed by atoms with Gasteiger partial charge in [0.15, 0.2) is 0 Å². The summed E-state index contributed by atoms with van der Waals surface area (Å²) in [6, 6.07) is 17.1. The van der Waals surface area contributed by atoms with E-state index in [-0.39, 0.29) is 6.61 Å². The summed E-state index contributed by atoms with van der Waals surface area (Å²) in [7, 11) is 1.63. The molecule has 0 saturated heterocycles. The van der Waals surface area contributed by atoms with E-state index < -0.39 is 5.97 Å². The molecule has 0 atom stereocenters. The van der Waals surface area contributed by atoms with Crippen molar-refractivity contribution in [1.82, 2.24) is 10.1 Å². The minimum atomic E-state index is -0.485. The summed E-state index contributed by atoms with van der Waals surface area (Å²) in [6.45, 7) is 1.77. The molecule has 2 heterocycles. The topological polar surface area (TPSA) is 74.5 Å². The van der Waals surface area contributed by atoms with Crippen LogP contribution < -0.4 is 4.74 Å². The number of ether oxygens (including phenoxy) is 2. The van der Waals surface area contributed by atoms with Crippen molar-refractivity contribution in [2.45, 2.75) is 13.5 Å². The molecule has 0 aliphatic heterocycles. The molecule has 0 amide bonds. The Balaban J connectivity index is 1.47. The van der Waals surface area contributed by atoms with Crippen molar-refractivity contribution in [2.75, 3.05) is 7.11 Å². The molecule has 2 aromatic heterocycles. The molecule has 4 rings (SSSR count). The number of hydrogen-bond donors (Lipinski definition) is 0. The van der Waals surface area contributed by atoms with Crippen LogP contribution in [0.3, 0.4) is 0 Å². The van der Waals surface area contributed by atoms with Crippen molar-refractivity contribution in [2.24, 2.45) is 0 Å². The average molecular weight is 406 g/mol. The lowest BCUT2D eigenvalue weighted by Gasteiger charge is -2.04. The van der Waals surface area contributed by atoms with Gasteiger partial charge in [-0.1, -0.05) is 35.5 Å². The third kappa shape index (κ3) is 4.05.